The smallest absolute Gasteiger partial charge is 0.410 e. The van der Waals surface area contributed by atoms with E-state index >= 15 is 0 Å². The van der Waals surface area contributed by atoms with E-state index in [1.165, 1.54) is 4.90 Å². The topological polar surface area (TPSA) is 80.8 Å². The summed E-state index contributed by atoms with van der Waals surface area (Å²) in [5, 5.41) is 0.127. The second kappa shape index (κ2) is 6.51. The van der Waals surface area contributed by atoms with Gasteiger partial charge < -0.3 is 4.74 Å². The van der Waals surface area contributed by atoms with E-state index in [1.807, 2.05) is 0 Å². The summed E-state index contributed by atoms with van der Waals surface area (Å²) in [4.78, 5) is 24.4. The molecule has 1 fully saturated rings. The summed E-state index contributed by atoms with van der Waals surface area (Å²) in [5.41, 5.74) is 0. The number of amides is 1. The van der Waals surface area contributed by atoms with E-state index < -0.39 is 22.0 Å². The van der Waals surface area contributed by atoms with Crippen LogP contribution in [-0.2, 0) is 19.4 Å². The third kappa shape index (κ3) is 4.24. The molecule has 0 aromatic heterocycles. The summed E-state index contributed by atoms with van der Waals surface area (Å²) in [6.07, 6.45) is -0.273. The minimum atomic E-state index is -3.10. The molecule has 0 spiro atoms. The standard InChI is InChI=1S/C10H16BrNO5S/c1-2-17-10(14)12(6-9(13)5-11)8-3-4-18(15,16)7-8/h8H,2-7H2,1H3. The number of carbonyl (C=O) groups is 2. The molecule has 1 heterocycles. The van der Waals surface area contributed by atoms with Crippen LogP contribution in [0.5, 0.6) is 0 Å². The van der Waals surface area contributed by atoms with E-state index in [0.717, 1.165) is 0 Å². The highest BCUT2D eigenvalue weighted by molar-refractivity contribution is 9.09. The van der Waals surface area contributed by atoms with Crippen LogP contribution in [-0.4, -0.2) is 61.2 Å². The average molecular weight is 342 g/mol. The number of carbonyl (C=O) groups excluding carboxylic acids is 2. The van der Waals surface area contributed by atoms with Crippen molar-refractivity contribution in [1.82, 2.24) is 4.90 Å². The highest BCUT2D eigenvalue weighted by atomic mass is 79.9. The Morgan fingerprint density at radius 3 is 2.56 bits per heavy atom. The van der Waals surface area contributed by atoms with Gasteiger partial charge in [-0.05, 0) is 13.3 Å². The predicted octanol–water partition coefficient (Wildman–Crippen LogP) is 0.596. The van der Waals surface area contributed by atoms with Gasteiger partial charge in [0.05, 0.1) is 36.0 Å². The van der Waals surface area contributed by atoms with Crippen molar-refractivity contribution in [3.05, 3.63) is 0 Å². The third-order valence-corrected chi connectivity index (χ3v) is 5.02. The number of sulfone groups is 1. The lowest BCUT2D eigenvalue weighted by Gasteiger charge is -2.26. The highest BCUT2D eigenvalue weighted by Gasteiger charge is 2.36. The molecule has 1 saturated heterocycles. The fourth-order valence-electron chi connectivity index (χ4n) is 1.80. The van der Waals surface area contributed by atoms with Gasteiger partial charge in [-0.15, -0.1) is 0 Å². The molecule has 1 unspecified atom stereocenters. The van der Waals surface area contributed by atoms with E-state index in [0.29, 0.717) is 6.42 Å². The van der Waals surface area contributed by atoms with Crippen LogP contribution in [0.15, 0.2) is 0 Å². The second-order valence-corrected chi connectivity index (χ2v) is 6.85. The summed E-state index contributed by atoms with van der Waals surface area (Å²) < 4.78 is 27.7. The quantitative estimate of drug-likeness (QED) is 0.684. The predicted molar refractivity (Wildman–Crippen MR) is 69.6 cm³/mol. The fourth-order valence-corrected chi connectivity index (χ4v) is 3.71. The lowest BCUT2D eigenvalue weighted by Crippen LogP contribution is -2.44. The van der Waals surface area contributed by atoms with Crippen molar-refractivity contribution < 1.29 is 22.7 Å². The van der Waals surface area contributed by atoms with Gasteiger partial charge in [-0.1, -0.05) is 15.9 Å². The molecule has 1 atom stereocenters. The molecule has 1 aliphatic rings. The van der Waals surface area contributed by atoms with Crippen molar-refractivity contribution >= 4 is 37.6 Å². The SMILES string of the molecule is CCOC(=O)N(CC(=O)CBr)C1CCS(=O)(=O)C1. The van der Waals surface area contributed by atoms with Gasteiger partial charge in [-0.2, -0.15) is 0 Å². The number of ketones is 1. The van der Waals surface area contributed by atoms with Crippen LogP contribution in [0.4, 0.5) is 4.79 Å². The van der Waals surface area contributed by atoms with E-state index in [4.69, 9.17) is 4.74 Å². The molecule has 0 bridgehead atoms. The molecule has 104 valence electrons. The van der Waals surface area contributed by atoms with Crippen molar-refractivity contribution in [2.45, 2.75) is 19.4 Å². The minimum absolute atomic E-state index is 0.0517. The van der Waals surface area contributed by atoms with Gasteiger partial charge >= 0.3 is 6.09 Å². The number of hydrogen-bond acceptors (Lipinski definition) is 5. The van der Waals surface area contributed by atoms with Crippen LogP contribution >= 0.6 is 15.9 Å². The van der Waals surface area contributed by atoms with E-state index in [9.17, 15) is 18.0 Å². The van der Waals surface area contributed by atoms with E-state index in [1.54, 1.807) is 6.92 Å². The molecule has 18 heavy (non-hydrogen) atoms. The van der Waals surface area contributed by atoms with Crippen molar-refractivity contribution in [2.75, 3.05) is 30.0 Å². The van der Waals surface area contributed by atoms with Crippen LogP contribution in [0.2, 0.25) is 0 Å². The highest BCUT2D eigenvalue weighted by Crippen LogP contribution is 2.18. The van der Waals surface area contributed by atoms with Crippen LogP contribution in [0.25, 0.3) is 0 Å². The number of alkyl halides is 1. The van der Waals surface area contributed by atoms with Crippen LogP contribution in [0.3, 0.4) is 0 Å². The first kappa shape index (κ1) is 15.4. The van der Waals surface area contributed by atoms with Gasteiger partial charge in [-0.25, -0.2) is 13.2 Å². The zero-order chi connectivity index (χ0) is 13.8. The molecule has 0 radical (unpaired) electrons. The van der Waals surface area contributed by atoms with E-state index in [2.05, 4.69) is 15.9 Å². The first-order valence-corrected chi connectivity index (χ1v) is 8.55. The molecule has 0 aromatic rings. The Balaban J connectivity index is 2.77. The Labute approximate surface area is 115 Å². The molecular weight excluding hydrogens is 326 g/mol. The normalized spacial score (nSPS) is 21.6. The van der Waals surface area contributed by atoms with Gasteiger partial charge in [-0.3, -0.25) is 9.69 Å². The monoisotopic (exact) mass is 341 g/mol. The van der Waals surface area contributed by atoms with Crippen LogP contribution in [0, 0.1) is 0 Å². The van der Waals surface area contributed by atoms with Gasteiger partial charge in [0, 0.05) is 0 Å². The molecule has 0 aliphatic carbocycles. The summed E-state index contributed by atoms with van der Waals surface area (Å²) >= 11 is 3.02. The first-order valence-electron chi connectivity index (χ1n) is 5.61. The maximum atomic E-state index is 11.7. The second-order valence-electron chi connectivity index (χ2n) is 4.06. The molecule has 1 aliphatic heterocycles. The molecular formula is C10H16BrNO5S. The van der Waals surface area contributed by atoms with Crippen molar-refractivity contribution in [3.63, 3.8) is 0 Å². The summed E-state index contributed by atoms with van der Waals surface area (Å²) in [7, 11) is -3.10. The first-order chi connectivity index (χ1) is 8.39. The Bertz CT molecular complexity index is 422. The summed E-state index contributed by atoms with van der Waals surface area (Å²) in [6.45, 7) is 1.73. The Kier molecular flexibility index (Phi) is 5.58. The molecule has 0 saturated carbocycles. The third-order valence-electron chi connectivity index (χ3n) is 2.65. The maximum Gasteiger partial charge on any atom is 0.410 e. The molecule has 1 amide bonds. The molecule has 8 heteroatoms. The van der Waals surface area contributed by atoms with E-state index in [-0.39, 0.29) is 35.8 Å². The van der Waals surface area contributed by atoms with Gasteiger partial charge in [0.25, 0.3) is 0 Å². The largest absolute Gasteiger partial charge is 0.450 e. The lowest BCUT2D eigenvalue weighted by molar-refractivity contribution is -0.117. The Hall–Kier alpha value is -0.630. The fraction of sp³-hybridized carbons (Fsp3) is 0.800. The summed E-state index contributed by atoms with van der Waals surface area (Å²) in [6, 6.07) is -0.461. The molecule has 0 aromatic carbocycles. The zero-order valence-electron chi connectivity index (χ0n) is 10.1. The zero-order valence-corrected chi connectivity index (χ0v) is 12.5. The van der Waals surface area contributed by atoms with Crippen molar-refractivity contribution in [2.24, 2.45) is 0 Å². The molecule has 1 rings (SSSR count). The van der Waals surface area contributed by atoms with Gasteiger partial charge in [0.1, 0.15) is 0 Å². The summed E-state index contributed by atoms with van der Waals surface area (Å²) in [5.74, 6) is -0.232. The lowest BCUT2D eigenvalue weighted by atomic mass is 10.2. The van der Waals surface area contributed by atoms with Crippen LogP contribution in [0.1, 0.15) is 13.3 Å². The number of halogens is 1. The van der Waals surface area contributed by atoms with Crippen molar-refractivity contribution in [3.8, 4) is 0 Å². The molecule has 0 N–H and O–H groups in total. The number of nitrogens with zero attached hydrogens (tertiary/aromatic N) is 1. The number of Topliss-reactive ketones (excluding diaryl/α,β-unsaturated/α-hetero) is 1. The Morgan fingerprint density at radius 2 is 2.11 bits per heavy atom. The minimum Gasteiger partial charge on any atom is -0.450 e. The Morgan fingerprint density at radius 1 is 1.44 bits per heavy atom. The maximum absolute atomic E-state index is 11.7. The molecule has 6 nitrogen and oxygen atoms in total. The van der Waals surface area contributed by atoms with Crippen LogP contribution < -0.4 is 0 Å². The number of ether oxygens (including phenoxy) is 1. The van der Waals surface area contributed by atoms with Crippen molar-refractivity contribution in [1.29, 1.82) is 0 Å². The van der Waals surface area contributed by atoms with Gasteiger partial charge in [0.2, 0.25) is 0 Å². The number of rotatable bonds is 5. The van der Waals surface area contributed by atoms with Gasteiger partial charge in [0.15, 0.2) is 15.6 Å². The number of hydrogen-bond donors (Lipinski definition) is 0. The average Bonchev–Trinajstić information content (AvgIpc) is 2.66.